The van der Waals surface area contributed by atoms with Crippen molar-refractivity contribution in [1.29, 1.82) is 0 Å². The molecule has 1 amide bonds. The zero-order chi connectivity index (χ0) is 19.6. The van der Waals surface area contributed by atoms with Crippen LogP contribution >= 0.6 is 11.8 Å². The number of ether oxygens (including phenoxy) is 1. The predicted molar refractivity (Wildman–Crippen MR) is 114 cm³/mol. The molecule has 2 aliphatic rings. The Hall–Kier alpha value is -0.990. The van der Waals surface area contributed by atoms with Crippen molar-refractivity contribution in [3.63, 3.8) is 0 Å². The zero-order valence-electron chi connectivity index (χ0n) is 17.4. The molecule has 2 fully saturated rings. The zero-order valence-corrected chi connectivity index (χ0v) is 18.3. The first-order valence-corrected chi connectivity index (χ1v) is 11.2. The van der Waals surface area contributed by atoms with E-state index in [2.05, 4.69) is 45.7 Å². The number of morpholine rings is 1. The molecular formula is C19H37N5O2S. The lowest BCUT2D eigenvalue weighted by Crippen LogP contribution is -2.50. The van der Waals surface area contributed by atoms with Gasteiger partial charge in [-0.05, 0) is 18.9 Å². The van der Waals surface area contributed by atoms with Crippen molar-refractivity contribution in [2.24, 2.45) is 10.9 Å². The normalized spacial score (nSPS) is 22.2. The third-order valence-corrected chi connectivity index (χ3v) is 6.58. The minimum absolute atomic E-state index is 0.0365. The van der Waals surface area contributed by atoms with Gasteiger partial charge in [0, 0.05) is 57.8 Å². The van der Waals surface area contributed by atoms with E-state index in [1.807, 2.05) is 0 Å². The van der Waals surface area contributed by atoms with Crippen LogP contribution < -0.4 is 5.32 Å². The lowest BCUT2D eigenvalue weighted by Gasteiger charge is -2.36. The Morgan fingerprint density at radius 1 is 1.30 bits per heavy atom. The number of carbonyl (C=O) groups is 1. The molecule has 156 valence electrons. The molecule has 1 unspecified atom stereocenters. The van der Waals surface area contributed by atoms with Crippen molar-refractivity contribution in [2.75, 3.05) is 78.9 Å². The van der Waals surface area contributed by atoms with Crippen LogP contribution in [0.15, 0.2) is 4.99 Å². The van der Waals surface area contributed by atoms with E-state index in [0.29, 0.717) is 11.2 Å². The first-order chi connectivity index (χ1) is 13.0. The average molecular weight is 400 g/mol. The second kappa shape index (κ2) is 11.8. The molecule has 0 aromatic rings. The standard InChI is InChI=1S/C19H37N5O2S/c1-16(2)17-15-24(10-13-27-17)19(21-14-18(25)22(3)4)20-6-5-7-23-8-11-26-12-9-23/h16-17H,5-15H2,1-4H3,(H,20,21). The van der Waals surface area contributed by atoms with Crippen molar-refractivity contribution in [3.05, 3.63) is 0 Å². The molecule has 7 nitrogen and oxygen atoms in total. The van der Waals surface area contributed by atoms with E-state index in [9.17, 15) is 4.79 Å². The maximum absolute atomic E-state index is 12.0. The summed E-state index contributed by atoms with van der Waals surface area (Å²) in [5.74, 6) is 2.68. The number of guanidine groups is 1. The van der Waals surface area contributed by atoms with Gasteiger partial charge in [-0.25, -0.2) is 4.99 Å². The van der Waals surface area contributed by atoms with E-state index in [0.717, 1.165) is 70.6 Å². The van der Waals surface area contributed by atoms with Crippen molar-refractivity contribution >= 4 is 23.6 Å². The summed E-state index contributed by atoms with van der Waals surface area (Å²) in [4.78, 5) is 23.0. The first-order valence-electron chi connectivity index (χ1n) is 10.1. The quantitative estimate of drug-likeness (QED) is 0.389. The molecule has 8 heteroatoms. The van der Waals surface area contributed by atoms with Crippen molar-refractivity contribution in [1.82, 2.24) is 20.0 Å². The van der Waals surface area contributed by atoms with Gasteiger partial charge in [-0.3, -0.25) is 9.69 Å². The lowest BCUT2D eigenvalue weighted by atomic mass is 10.1. The number of carbonyl (C=O) groups excluding carboxylic acids is 1. The fourth-order valence-corrected chi connectivity index (χ4v) is 4.45. The average Bonchev–Trinajstić information content (AvgIpc) is 2.68. The molecule has 0 aromatic carbocycles. The Bertz CT molecular complexity index is 481. The van der Waals surface area contributed by atoms with Gasteiger partial charge in [-0.1, -0.05) is 13.8 Å². The number of amides is 1. The van der Waals surface area contributed by atoms with Gasteiger partial charge in [-0.2, -0.15) is 11.8 Å². The second-order valence-electron chi connectivity index (χ2n) is 7.76. The molecule has 2 heterocycles. The first kappa shape index (κ1) is 22.3. The number of nitrogens with one attached hydrogen (secondary N) is 1. The molecule has 2 aliphatic heterocycles. The summed E-state index contributed by atoms with van der Waals surface area (Å²) in [6, 6.07) is 0. The Balaban J connectivity index is 1.88. The largest absolute Gasteiger partial charge is 0.379 e. The minimum Gasteiger partial charge on any atom is -0.379 e. The summed E-state index contributed by atoms with van der Waals surface area (Å²) >= 11 is 2.05. The van der Waals surface area contributed by atoms with Crippen molar-refractivity contribution in [3.8, 4) is 0 Å². The fraction of sp³-hybridized carbons (Fsp3) is 0.895. The highest BCUT2D eigenvalue weighted by atomic mass is 32.2. The van der Waals surface area contributed by atoms with E-state index in [1.165, 1.54) is 0 Å². The maximum Gasteiger partial charge on any atom is 0.243 e. The van der Waals surface area contributed by atoms with E-state index < -0.39 is 0 Å². The molecule has 0 bridgehead atoms. The summed E-state index contributed by atoms with van der Waals surface area (Å²) in [7, 11) is 3.55. The van der Waals surface area contributed by atoms with Gasteiger partial charge in [0.25, 0.3) is 0 Å². The Labute approximate surface area is 168 Å². The van der Waals surface area contributed by atoms with E-state index >= 15 is 0 Å². The molecule has 0 radical (unpaired) electrons. The molecule has 0 aliphatic carbocycles. The summed E-state index contributed by atoms with van der Waals surface area (Å²) in [6.07, 6.45) is 1.07. The number of hydrogen-bond donors (Lipinski definition) is 1. The number of hydrogen-bond acceptors (Lipinski definition) is 5. The molecule has 1 N–H and O–H groups in total. The highest BCUT2D eigenvalue weighted by Gasteiger charge is 2.25. The van der Waals surface area contributed by atoms with Gasteiger partial charge >= 0.3 is 0 Å². The van der Waals surface area contributed by atoms with Crippen LogP contribution in [0.5, 0.6) is 0 Å². The Kier molecular flexibility index (Phi) is 9.72. The SMILES string of the molecule is CC(C)C1CN(C(=NCC(=O)N(C)C)NCCCN2CCOCC2)CCS1. The molecule has 1 atom stereocenters. The molecule has 0 aromatic heterocycles. The maximum atomic E-state index is 12.0. The smallest absolute Gasteiger partial charge is 0.243 e. The van der Waals surface area contributed by atoms with Gasteiger partial charge < -0.3 is 19.9 Å². The monoisotopic (exact) mass is 399 g/mol. The van der Waals surface area contributed by atoms with Crippen LogP contribution in [-0.4, -0.2) is 111 Å². The third-order valence-electron chi connectivity index (χ3n) is 5.04. The van der Waals surface area contributed by atoms with Crippen LogP contribution in [0, 0.1) is 5.92 Å². The van der Waals surface area contributed by atoms with Crippen molar-refractivity contribution in [2.45, 2.75) is 25.5 Å². The molecule has 0 saturated carbocycles. The van der Waals surface area contributed by atoms with E-state index in [-0.39, 0.29) is 12.5 Å². The molecule has 2 rings (SSSR count). The number of likely N-dealkylation sites (N-methyl/N-ethyl adjacent to an activating group) is 1. The Morgan fingerprint density at radius 3 is 2.70 bits per heavy atom. The van der Waals surface area contributed by atoms with Gasteiger partial charge in [-0.15, -0.1) is 0 Å². The highest BCUT2D eigenvalue weighted by molar-refractivity contribution is 8.00. The summed E-state index contributed by atoms with van der Waals surface area (Å²) in [6.45, 7) is 12.4. The third kappa shape index (κ3) is 7.87. The number of thioether (sulfide) groups is 1. The predicted octanol–water partition coefficient (Wildman–Crippen LogP) is 0.816. The summed E-state index contributed by atoms with van der Waals surface area (Å²) in [5, 5.41) is 4.14. The van der Waals surface area contributed by atoms with Crippen LogP contribution in [0.2, 0.25) is 0 Å². The molecular weight excluding hydrogens is 362 g/mol. The van der Waals surface area contributed by atoms with Gasteiger partial charge in [0.05, 0.1) is 13.2 Å². The lowest BCUT2D eigenvalue weighted by molar-refractivity contribution is -0.127. The van der Waals surface area contributed by atoms with Crippen LogP contribution in [-0.2, 0) is 9.53 Å². The van der Waals surface area contributed by atoms with Crippen LogP contribution in [0.4, 0.5) is 0 Å². The second-order valence-corrected chi connectivity index (χ2v) is 9.11. The molecule has 0 spiro atoms. The molecule has 2 saturated heterocycles. The van der Waals surface area contributed by atoms with E-state index in [1.54, 1.807) is 19.0 Å². The Morgan fingerprint density at radius 2 is 2.04 bits per heavy atom. The van der Waals surface area contributed by atoms with Gasteiger partial charge in [0.2, 0.25) is 5.91 Å². The van der Waals surface area contributed by atoms with Crippen LogP contribution in [0.25, 0.3) is 0 Å². The van der Waals surface area contributed by atoms with Gasteiger partial charge in [0.1, 0.15) is 6.54 Å². The van der Waals surface area contributed by atoms with Crippen molar-refractivity contribution < 1.29 is 9.53 Å². The highest BCUT2D eigenvalue weighted by Crippen LogP contribution is 2.24. The summed E-state index contributed by atoms with van der Waals surface area (Å²) < 4.78 is 5.41. The van der Waals surface area contributed by atoms with Gasteiger partial charge in [0.15, 0.2) is 5.96 Å². The number of rotatable bonds is 7. The summed E-state index contributed by atoms with van der Waals surface area (Å²) in [5.41, 5.74) is 0. The van der Waals surface area contributed by atoms with Crippen LogP contribution in [0.1, 0.15) is 20.3 Å². The van der Waals surface area contributed by atoms with Crippen LogP contribution in [0.3, 0.4) is 0 Å². The fourth-order valence-electron chi connectivity index (χ4n) is 3.15. The topological polar surface area (TPSA) is 60.4 Å². The minimum atomic E-state index is 0.0365. The molecule has 27 heavy (non-hydrogen) atoms. The van der Waals surface area contributed by atoms with E-state index in [4.69, 9.17) is 4.74 Å². The number of nitrogens with zero attached hydrogens (tertiary/aromatic N) is 4. The number of aliphatic imine (C=N–C) groups is 1.